The molecule has 1 aliphatic rings. The normalized spacial score (nSPS) is 15.6. The van der Waals surface area contributed by atoms with Crippen molar-refractivity contribution in [2.75, 3.05) is 24.5 Å². The number of amides is 1. The van der Waals surface area contributed by atoms with Crippen LogP contribution in [0, 0.1) is 20.8 Å². The molecule has 5 heterocycles. The van der Waals surface area contributed by atoms with Crippen LogP contribution in [0.25, 0.3) is 38.8 Å². The number of hydrogen-bond donors (Lipinski definition) is 1. The Morgan fingerprint density at radius 2 is 1.90 bits per heavy atom. The first-order valence-electron chi connectivity index (χ1n) is 13.7. The molecule has 0 spiro atoms. The van der Waals surface area contributed by atoms with Crippen LogP contribution in [0.4, 0.5) is 5.82 Å². The van der Waals surface area contributed by atoms with Crippen molar-refractivity contribution >= 4 is 46.8 Å². The lowest BCUT2D eigenvalue weighted by Crippen LogP contribution is -2.54. The summed E-state index contributed by atoms with van der Waals surface area (Å²) >= 11 is 0. The van der Waals surface area contributed by atoms with Gasteiger partial charge < -0.3 is 9.80 Å². The zero-order valence-electron chi connectivity index (χ0n) is 23.9. The van der Waals surface area contributed by atoms with Crippen molar-refractivity contribution in [1.82, 2.24) is 34.6 Å². The van der Waals surface area contributed by atoms with Gasteiger partial charge in [-0.1, -0.05) is 12.6 Å². The van der Waals surface area contributed by atoms with Crippen LogP contribution in [-0.4, -0.2) is 74.0 Å². The molecule has 11 heteroatoms. The maximum Gasteiger partial charge on any atom is 0.354 e. The summed E-state index contributed by atoms with van der Waals surface area (Å²) in [4.78, 5) is 44.4. The summed E-state index contributed by atoms with van der Waals surface area (Å²) in [6.45, 7) is 13.1. The minimum Gasteiger partial charge on any atom is -0.350 e. The van der Waals surface area contributed by atoms with Crippen molar-refractivity contribution in [2.45, 2.75) is 33.7 Å². The third-order valence-electron chi connectivity index (χ3n) is 8.13. The Morgan fingerprint density at radius 3 is 2.63 bits per heavy atom. The van der Waals surface area contributed by atoms with Gasteiger partial charge in [-0.05, 0) is 62.5 Å². The third-order valence-corrected chi connectivity index (χ3v) is 8.13. The second-order valence-electron chi connectivity index (χ2n) is 10.7. The first-order valence-corrected chi connectivity index (χ1v) is 13.7. The van der Waals surface area contributed by atoms with E-state index in [2.05, 4.69) is 38.6 Å². The van der Waals surface area contributed by atoms with E-state index in [1.54, 1.807) is 15.7 Å². The highest BCUT2D eigenvalue weighted by Gasteiger charge is 2.30. The van der Waals surface area contributed by atoms with E-state index in [0.29, 0.717) is 25.5 Å². The van der Waals surface area contributed by atoms with E-state index in [4.69, 9.17) is 4.98 Å². The number of aromatic amines is 1. The molecule has 0 radical (unpaired) electrons. The van der Waals surface area contributed by atoms with E-state index in [9.17, 15) is 9.59 Å². The number of aryl methyl sites for hydroxylation is 3. The predicted octanol–water partition coefficient (Wildman–Crippen LogP) is 2.13. The molecule has 0 aliphatic carbocycles. The van der Waals surface area contributed by atoms with Crippen LogP contribution in [0.1, 0.15) is 23.7 Å². The largest absolute Gasteiger partial charge is 0.354 e. The highest BCUT2D eigenvalue weighted by molar-refractivity contribution is 6.42. The van der Waals surface area contributed by atoms with E-state index in [-0.39, 0.29) is 17.6 Å². The molecular weight excluding hydrogens is 515 g/mol. The molecule has 1 N–H and O–H groups in total. The number of nitrogens with zero attached hydrogens (tertiary/aromatic N) is 7. The molecule has 1 atom stereocenters. The van der Waals surface area contributed by atoms with Crippen molar-refractivity contribution in [1.29, 1.82) is 0 Å². The third kappa shape index (κ3) is 4.19. The molecular formula is C30H31BN8O2. The second kappa shape index (κ2) is 9.99. The summed E-state index contributed by atoms with van der Waals surface area (Å²) < 4.78 is 1.68. The Kier molecular flexibility index (Phi) is 6.44. The lowest BCUT2D eigenvalue weighted by atomic mass is 9.86. The summed E-state index contributed by atoms with van der Waals surface area (Å²) in [5.74, 6) is 0.470. The number of benzene rings is 1. The number of piperazine rings is 1. The molecule has 206 valence electrons. The summed E-state index contributed by atoms with van der Waals surface area (Å²) in [7, 11) is 2.01. The van der Waals surface area contributed by atoms with Crippen LogP contribution in [0.5, 0.6) is 0 Å². The lowest BCUT2D eigenvalue weighted by molar-refractivity contribution is -0.126. The van der Waals surface area contributed by atoms with Crippen molar-refractivity contribution in [3.63, 3.8) is 0 Å². The summed E-state index contributed by atoms with van der Waals surface area (Å²) in [6.07, 6.45) is 6.73. The molecule has 5 aromatic rings. The smallest absolute Gasteiger partial charge is 0.350 e. The maximum absolute atomic E-state index is 14.0. The molecule has 0 bridgehead atoms. The van der Waals surface area contributed by atoms with Gasteiger partial charge in [0, 0.05) is 49.0 Å². The van der Waals surface area contributed by atoms with Gasteiger partial charge in [0.2, 0.25) is 5.91 Å². The Bertz CT molecular complexity index is 1910. The van der Waals surface area contributed by atoms with E-state index >= 15 is 0 Å². The highest BCUT2D eigenvalue weighted by atomic mass is 16.2. The molecule has 1 amide bonds. The minimum absolute atomic E-state index is 0.0673. The molecule has 0 saturated carbocycles. The van der Waals surface area contributed by atoms with Crippen molar-refractivity contribution in [3.05, 3.63) is 76.7 Å². The molecule has 1 aromatic carbocycles. The van der Waals surface area contributed by atoms with Crippen LogP contribution in [0.3, 0.4) is 0 Å². The SMILES string of the molecule is Bc1c(-c2c(C)ccc3[nH]ncc23)ncc2c(N3CCN(C(=O)C=C)CC3C)nc(=O)n(-c3c(C)ccnc3C)c12. The molecule has 1 fully saturated rings. The topological polar surface area (TPSA) is 113 Å². The summed E-state index contributed by atoms with van der Waals surface area (Å²) in [6, 6.07) is 5.89. The van der Waals surface area contributed by atoms with Gasteiger partial charge in [0.05, 0.1) is 39.7 Å². The predicted molar refractivity (Wildman–Crippen MR) is 164 cm³/mol. The van der Waals surface area contributed by atoms with Gasteiger partial charge in [-0.15, -0.1) is 0 Å². The lowest BCUT2D eigenvalue weighted by Gasteiger charge is -2.40. The molecule has 10 nitrogen and oxygen atoms in total. The van der Waals surface area contributed by atoms with Crippen LogP contribution >= 0.6 is 0 Å². The first kappa shape index (κ1) is 26.4. The number of carbonyl (C=O) groups excluding carboxylic acids is 1. The Hall–Kier alpha value is -4.80. The fourth-order valence-corrected chi connectivity index (χ4v) is 6.09. The van der Waals surface area contributed by atoms with E-state index in [1.807, 2.05) is 59.2 Å². The van der Waals surface area contributed by atoms with Gasteiger partial charge in [0.1, 0.15) is 13.7 Å². The van der Waals surface area contributed by atoms with Gasteiger partial charge in [-0.2, -0.15) is 10.1 Å². The number of H-pyrrole nitrogens is 1. The van der Waals surface area contributed by atoms with Crippen LogP contribution in [0.15, 0.2) is 54.2 Å². The van der Waals surface area contributed by atoms with Gasteiger partial charge in [0.15, 0.2) is 0 Å². The van der Waals surface area contributed by atoms with Crippen molar-refractivity contribution in [3.8, 4) is 16.9 Å². The number of carbonyl (C=O) groups is 1. The second-order valence-corrected chi connectivity index (χ2v) is 10.7. The zero-order chi connectivity index (χ0) is 29.0. The number of fused-ring (bicyclic) bond motifs is 2. The quantitative estimate of drug-likeness (QED) is 0.272. The van der Waals surface area contributed by atoms with Gasteiger partial charge in [-0.25, -0.2) is 4.79 Å². The van der Waals surface area contributed by atoms with Crippen molar-refractivity contribution in [2.24, 2.45) is 0 Å². The number of aromatic nitrogens is 6. The average molecular weight is 546 g/mol. The minimum atomic E-state index is -0.387. The number of rotatable bonds is 4. The Balaban J connectivity index is 1.65. The molecule has 1 unspecified atom stereocenters. The van der Waals surface area contributed by atoms with Crippen LogP contribution < -0.4 is 16.1 Å². The summed E-state index contributed by atoms with van der Waals surface area (Å²) in [5.41, 5.74) is 7.30. The molecule has 4 aromatic heterocycles. The van der Waals surface area contributed by atoms with Crippen LogP contribution in [-0.2, 0) is 4.79 Å². The maximum atomic E-state index is 14.0. The summed E-state index contributed by atoms with van der Waals surface area (Å²) in [5, 5.41) is 9.05. The monoisotopic (exact) mass is 546 g/mol. The fraction of sp³-hybridized carbons (Fsp3) is 0.267. The van der Waals surface area contributed by atoms with Crippen LogP contribution in [0.2, 0.25) is 0 Å². The molecule has 6 rings (SSSR count). The first-order chi connectivity index (χ1) is 19.7. The van der Waals surface area contributed by atoms with Gasteiger partial charge in [-0.3, -0.25) is 24.4 Å². The van der Waals surface area contributed by atoms with E-state index < -0.39 is 0 Å². The number of anilines is 1. The van der Waals surface area contributed by atoms with Gasteiger partial charge >= 0.3 is 5.69 Å². The molecule has 41 heavy (non-hydrogen) atoms. The van der Waals surface area contributed by atoms with E-state index in [1.165, 1.54) is 6.08 Å². The fourth-order valence-electron chi connectivity index (χ4n) is 6.09. The van der Waals surface area contributed by atoms with Crippen molar-refractivity contribution < 1.29 is 4.79 Å². The highest BCUT2D eigenvalue weighted by Crippen LogP contribution is 2.33. The van der Waals surface area contributed by atoms with Gasteiger partial charge in [0.25, 0.3) is 0 Å². The Morgan fingerprint density at radius 1 is 1.10 bits per heavy atom. The average Bonchev–Trinajstić information content (AvgIpc) is 3.43. The standard InChI is InChI=1S/C30H31BN8O2/c1-6-23(40)37-11-12-38(18(4)15-37)29-21-13-33-26(24-16(2)7-8-22-20(24)14-34-36-22)25(31)28(21)39(30(41)35-29)27-17(3)9-10-32-19(27)5/h6-10,13-14,18H,1,11-12,15,31H2,2-5H3,(H,34,36). The molecule has 1 aliphatic heterocycles. The Labute approximate surface area is 238 Å². The van der Waals surface area contributed by atoms with E-state index in [0.717, 1.165) is 61.0 Å². The zero-order valence-corrected chi connectivity index (χ0v) is 23.9. The number of hydrogen-bond acceptors (Lipinski definition) is 7. The number of nitrogens with one attached hydrogen (secondary N) is 1. The molecule has 1 saturated heterocycles. The number of pyridine rings is 2.